The number of methoxy groups -OCH3 is 1. The average molecular weight is 251 g/mol. The van der Waals surface area contributed by atoms with E-state index in [1.807, 2.05) is 30.3 Å². The predicted octanol–water partition coefficient (Wildman–Crippen LogP) is 2.12. The number of carboxylic acid groups (broad SMARTS) is 1. The molecule has 0 saturated carbocycles. The second-order valence-corrected chi connectivity index (χ2v) is 4.41. The standard InChI is InChI=1S/C13H17NO4/c1-13(2,11(15)16)14(12(17)18-3)9-10-7-5-4-6-8-10/h4-8H,9H2,1-3H3,(H,15,16). The zero-order valence-corrected chi connectivity index (χ0v) is 10.7. The molecule has 0 spiro atoms. The number of aliphatic carboxylic acids is 1. The first-order chi connectivity index (χ1) is 8.39. The van der Waals surface area contributed by atoms with Crippen LogP contribution in [0, 0.1) is 0 Å². The van der Waals surface area contributed by atoms with Crippen molar-refractivity contribution in [2.75, 3.05) is 7.11 Å². The molecule has 5 heteroatoms. The topological polar surface area (TPSA) is 66.8 Å². The lowest BCUT2D eigenvalue weighted by Crippen LogP contribution is -2.52. The van der Waals surface area contributed by atoms with E-state index < -0.39 is 17.6 Å². The fourth-order valence-electron chi connectivity index (χ4n) is 1.48. The molecule has 0 unspecified atom stereocenters. The van der Waals surface area contributed by atoms with Gasteiger partial charge in [-0.3, -0.25) is 4.90 Å². The Labute approximate surface area is 106 Å². The van der Waals surface area contributed by atoms with Gasteiger partial charge in [0.15, 0.2) is 0 Å². The molecule has 1 aromatic carbocycles. The van der Waals surface area contributed by atoms with Crippen molar-refractivity contribution in [1.29, 1.82) is 0 Å². The molecule has 0 aliphatic rings. The molecule has 1 aromatic rings. The largest absolute Gasteiger partial charge is 0.480 e. The number of carboxylic acids is 1. The van der Waals surface area contributed by atoms with E-state index in [1.54, 1.807) is 0 Å². The molecular weight excluding hydrogens is 234 g/mol. The fraction of sp³-hybridized carbons (Fsp3) is 0.385. The van der Waals surface area contributed by atoms with Crippen LogP contribution in [-0.2, 0) is 16.1 Å². The van der Waals surface area contributed by atoms with Crippen molar-refractivity contribution in [3.05, 3.63) is 35.9 Å². The average Bonchev–Trinajstić information content (AvgIpc) is 2.36. The molecule has 1 amide bonds. The van der Waals surface area contributed by atoms with E-state index in [9.17, 15) is 14.7 Å². The summed E-state index contributed by atoms with van der Waals surface area (Å²) in [6.45, 7) is 3.12. The lowest BCUT2D eigenvalue weighted by molar-refractivity contribution is -0.148. The van der Waals surface area contributed by atoms with Crippen LogP contribution in [0.1, 0.15) is 19.4 Å². The van der Waals surface area contributed by atoms with Crippen LogP contribution in [0.3, 0.4) is 0 Å². The Kier molecular flexibility index (Phi) is 4.31. The van der Waals surface area contributed by atoms with Crippen LogP contribution in [0.2, 0.25) is 0 Å². The van der Waals surface area contributed by atoms with E-state index in [0.717, 1.165) is 5.56 Å². The molecule has 18 heavy (non-hydrogen) atoms. The first-order valence-corrected chi connectivity index (χ1v) is 5.52. The third-order valence-corrected chi connectivity index (χ3v) is 2.78. The molecule has 0 aliphatic carbocycles. The van der Waals surface area contributed by atoms with Crippen LogP contribution < -0.4 is 0 Å². The highest BCUT2D eigenvalue weighted by Crippen LogP contribution is 2.19. The summed E-state index contributed by atoms with van der Waals surface area (Å²) in [7, 11) is 1.23. The molecule has 0 atom stereocenters. The highest BCUT2D eigenvalue weighted by Gasteiger charge is 2.38. The van der Waals surface area contributed by atoms with Gasteiger partial charge < -0.3 is 9.84 Å². The molecule has 98 valence electrons. The van der Waals surface area contributed by atoms with Gasteiger partial charge in [0.2, 0.25) is 0 Å². The third kappa shape index (κ3) is 3.00. The maximum absolute atomic E-state index is 11.7. The number of rotatable bonds is 4. The van der Waals surface area contributed by atoms with E-state index in [0.29, 0.717) is 0 Å². The summed E-state index contributed by atoms with van der Waals surface area (Å²) in [5.74, 6) is -1.08. The Balaban J connectivity index is 3.00. The Hall–Kier alpha value is -2.04. The van der Waals surface area contributed by atoms with Crippen molar-refractivity contribution in [2.24, 2.45) is 0 Å². The molecule has 1 rings (SSSR count). The minimum atomic E-state index is -1.33. The fourth-order valence-corrected chi connectivity index (χ4v) is 1.48. The number of hydrogen-bond donors (Lipinski definition) is 1. The van der Waals surface area contributed by atoms with Crippen molar-refractivity contribution in [3.8, 4) is 0 Å². The molecule has 5 nitrogen and oxygen atoms in total. The summed E-state index contributed by atoms with van der Waals surface area (Å²) < 4.78 is 4.64. The maximum atomic E-state index is 11.7. The van der Waals surface area contributed by atoms with Crippen molar-refractivity contribution in [2.45, 2.75) is 25.9 Å². The first-order valence-electron chi connectivity index (χ1n) is 5.52. The lowest BCUT2D eigenvalue weighted by Gasteiger charge is -2.33. The van der Waals surface area contributed by atoms with Gasteiger partial charge in [0.25, 0.3) is 0 Å². The minimum Gasteiger partial charge on any atom is -0.480 e. The summed E-state index contributed by atoms with van der Waals surface area (Å²) in [5.41, 5.74) is -0.486. The summed E-state index contributed by atoms with van der Waals surface area (Å²) in [6.07, 6.45) is -0.661. The van der Waals surface area contributed by atoms with Gasteiger partial charge in [0, 0.05) is 0 Å². The lowest BCUT2D eigenvalue weighted by atomic mass is 10.0. The number of carbonyl (C=O) groups is 2. The smallest absolute Gasteiger partial charge is 0.410 e. The van der Waals surface area contributed by atoms with Gasteiger partial charge >= 0.3 is 12.1 Å². The van der Waals surface area contributed by atoms with Crippen LogP contribution in [-0.4, -0.2) is 34.7 Å². The number of amides is 1. The summed E-state index contributed by atoms with van der Waals surface area (Å²) in [4.78, 5) is 24.1. The van der Waals surface area contributed by atoms with E-state index in [2.05, 4.69) is 4.74 Å². The van der Waals surface area contributed by atoms with Crippen molar-refractivity contribution < 1.29 is 19.4 Å². The van der Waals surface area contributed by atoms with Crippen LogP contribution in [0.15, 0.2) is 30.3 Å². The summed E-state index contributed by atoms with van der Waals surface area (Å²) in [5, 5.41) is 9.18. The molecule has 0 aromatic heterocycles. The van der Waals surface area contributed by atoms with Crippen molar-refractivity contribution in [3.63, 3.8) is 0 Å². The molecule has 0 fully saturated rings. The molecule has 0 aliphatic heterocycles. The van der Waals surface area contributed by atoms with E-state index in [4.69, 9.17) is 0 Å². The Morgan fingerprint density at radius 2 is 1.83 bits per heavy atom. The van der Waals surface area contributed by atoms with Gasteiger partial charge in [-0.25, -0.2) is 9.59 Å². The monoisotopic (exact) mass is 251 g/mol. The van der Waals surface area contributed by atoms with Crippen molar-refractivity contribution >= 4 is 12.1 Å². The van der Waals surface area contributed by atoms with Gasteiger partial charge in [0.05, 0.1) is 13.7 Å². The van der Waals surface area contributed by atoms with Gasteiger partial charge in [-0.2, -0.15) is 0 Å². The third-order valence-electron chi connectivity index (χ3n) is 2.78. The maximum Gasteiger partial charge on any atom is 0.410 e. The molecule has 0 radical (unpaired) electrons. The number of ether oxygens (including phenoxy) is 1. The Morgan fingerprint density at radius 3 is 2.28 bits per heavy atom. The number of benzene rings is 1. The van der Waals surface area contributed by atoms with E-state index in [1.165, 1.54) is 25.9 Å². The van der Waals surface area contributed by atoms with Gasteiger partial charge in [-0.15, -0.1) is 0 Å². The highest BCUT2D eigenvalue weighted by molar-refractivity contribution is 5.83. The van der Waals surface area contributed by atoms with Crippen molar-refractivity contribution in [1.82, 2.24) is 4.90 Å². The van der Waals surface area contributed by atoms with Crippen LogP contribution >= 0.6 is 0 Å². The Bertz CT molecular complexity index is 428. The second kappa shape index (κ2) is 5.53. The molecule has 0 heterocycles. The zero-order valence-electron chi connectivity index (χ0n) is 10.7. The van der Waals surface area contributed by atoms with Crippen LogP contribution in [0.5, 0.6) is 0 Å². The van der Waals surface area contributed by atoms with E-state index in [-0.39, 0.29) is 6.54 Å². The quantitative estimate of drug-likeness (QED) is 0.890. The number of carbonyl (C=O) groups excluding carboxylic acids is 1. The number of nitrogens with zero attached hydrogens (tertiary/aromatic N) is 1. The van der Waals surface area contributed by atoms with Gasteiger partial charge in [-0.1, -0.05) is 30.3 Å². The second-order valence-electron chi connectivity index (χ2n) is 4.41. The van der Waals surface area contributed by atoms with Gasteiger partial charge in [-0.05, 0) is 19.4 Å². The minimum absolute atomic E-state index is 0.187. The van der Waals surface area contributed by atoms with Crippen LogP contribution in [0.25, 0.3) is 0 Å². The number of hydrogen-bond acceptors (Lipinski definition) is 3. The van der Waals surface area contributed by atoms with E-state index >= 15 is 0 Å². The van der Waals surface area contributed by atoms with Crippen LogP contribution in [0.4, 0.5) is 4.79 Å². The normalized spacial score (nSPS) is 10.8. The predicted molar refractivity (Wildman–Crippen MR) is 66.1 cm³/mol. The molecule has 1 N–H and O–H groups in total. The first kappa shape index (κ1) is 14.0. The SMILES string of the molecule is COC(=O)N(Cc1ccccc1)C(C)(C)C(=O)O. The summed E-state index contributed by atoms with van der Waals surface area (Å²) >= 11 is 0. The Morgan fingerprint density at radius 1 is 1.28 bits per heavy atom. The highest BCUT2D eigenvalue weighted by atomic mass is 16.5. The molecule has 0 bridgehead atoms. The summed E-state index contributed by atoms with van der Waals surface area (Å²) in [6, 6.07) is 9.17. The van der Waals surface area contributed by atoms with Gasteiger partial charge in [0.1, 0.15) is 5.54 Å². The molecule has 0 saturated heterocycles. The molecular formula is C13H17NO4. The zero-order chi connectivity index (χ0) is 13.8.